The molecule has 1 unspecified atom stereocenters. The molecule has 1 atom stereocenters. The average Bonchev–Trinajstić information content (AvgIpc) is 2.37. The van der Waals surface area contributed by atoms with Gasteiger partial charge in [0.1, 0.15) is 0 Å². The van der Waals surface area contributed by atoms with E-state index in [-0.39, 0.29) is 16.1 Å². The summed E-state index contributed by atoms with van der Waals surface area (Å²) < 4.78 is 24.0. The molecule has 0 saturated carbocycles. The quantitative estimate of drug-likeness (QED) is 0.870. The lowest BCUT2D eigenvalue weighted by Gasteiger charge is -2.21. The van der Waals surface area contributed by atoms with Crippen molar-refractivity contribution in [1.82, 2.24) is 0 Å². The van der Waals surface area contributed by atoms with Crippen molar-refractivity contribution in [2.75, 3.05) is 11.1 Å². The normalized spacial score (nSPS) is 18.2. The molecule has 1 aromatic carbocycles. The lowest BCUT2D eigenvalue weighted by Crippen LogP contribution is -2.26. The van der Waals surface area contributed by atoms with Gasteiger partial charge in [-0.25, -0.2) is 8.42 Å². The van der Waals surface area contributed by atoms with Gasteiger partial charge in [-0.05, 0) is 25.1 Å². The Morgan fingerprint density at radius 3 is 2.80 bits per heavy atom. The number of rotatable bonds is 4. The van der Waals surface area contributed by atoms with Gasteiger partial charge in [0.2, 0.25) is 5.91 Å². The van der Waals surface area contributed by atoms with Crippen molar-refractivity contribution < 1.29 is 23.1 Å². The largest absolute Gasteiger partial charge is 0.481 e. The van der Waals surface area contributed by atoms with Crippen LogP contribution in [0, 0.1) is 0 Å². The number of hydrogen-bond donors (Lipinski definition) is 2. The molecular weight excluding hydrogens is 302 g/mol. The van der Waals surface area contributed by atoms with Gasteiger partial charge in [0.15, 0.2) is 9.84 Å². The highest BCUT2D eigenvalue weighted by Crippen LogP contribution is 2.36. The third-order valence-corrected chi connectivity index (χ3v) is 5.72. The molecule has 20 heavy (non-hydrogen) atoms. The Morgan fingerprint density at radius 1 is 1.45 bits per heavy atom. The molecular formula is C12H13NO5S2. The smallest absolute Gasteiger partial charge is 0.304 e. The Bertz CT molecular complexity index is 668. The van der Waals surface area contributed by atoms with Gasteiger partial charge in [-0.3, -0.25) is 9.59 Å². The van der Waals surface area contributed by atoms with Crippen molar-refractivity contribution in [2.24, 2.45) is 0 Å². The third kappa shape index (κ3) is 3.13. The fourth-order valence-corrected chi connectivity index (χ4v) is 3.90. The zero-order chi connectivity index (χ0) is 14.9. The van der Waals surface area contributed by atoms with Gasteiger partial charge in [0, 0.05) is 4.90 Å². The maximum atomic E-state index is 12.0. The number of benzene rings is 1. The summed E-state index contributed by atoms with van der Waals surface area (Å²) in [7, 11) is -3.66. The summed E-state index contributed by atoms with van der Waals surface area (Å²) in [6.07, 6.45) is -0.447. The van der Waals surface area contributed by atoms with E-state index < -0.39 is 28.0 Å². The number of aliphatic carboxylic acids is 1. The highest BCUT2D eigenvalue weighted by atomic mass is 32.2. The van der Waals surface area contributed by atoms with Gasteiger partial charge < -0.3 is 10.4 Å². The van der Waals surface area contributed by atoms with Crippen LogP contribution >= 0.6 is 11.8 Å². The minimum Gasteiger partial charge on any atom is -0.481 e. The average molecular weight is 315 g/mol. The standard InChI is InChI=1S/C12H13NO5S2/c1-7-12(16)13-9-6-8(2-3-10(9)19-7)20(17,18)5-4-11(14)15/h2-3,6-7H,4-5H2,1H3,(H,13,16)(H,14,15). The van der Waals surface area contributed by atoms with Crippen LogP contribution in [0.1, 0.15) is 13.3 Å². The van der Waals surface area contributed by atoms with Crippen LogP contribution in [-0.2, 0) is 19.4 Å². The van der Waals surface area contributed by atoms with Crippen molar-refractivity contribution in [2.45, 2.75) is 28.4 Å². The molecule has 2 rings (SSSR count). The number of carboxylic acids is 1. The van der Waals surface area contributed by atoms with Gasteiger partial charge in [0.05, 0.1) is 28.0 Å². The summed E-state index contributed by atoms with van der Waals surface area (Å²) >= 11 is 1.36. The fourth-order valence-electron chi connectivity index (χ4n) is 1.72. The number of nitrogens with one attached hydrogen (secondary N) is 1. The van der Waals surface area contributed by atoms with E-state index in [2.05, 4.69) is 5.32 Å². The molecule has 1 aliphatic rings. The minimum atomic E-state index is -3.66. The molecule has 0 spiro atoms. The monoisotopic (exact) mass is 315 g/mol. The number of thioether (sulfide) groups is 1. The number of hydrogen-bond acceptors (Lipinski definition) is 5. The first-order valence-corrected chi connectivity index (χ1v) is 8.39. The molecule has 1 aromatic rings. The lowest BCUT2D eigenvalue weighted by molar-refractivity contribution is -0.136. The molecule has 6 nitrogen and oxygen atoms in total. The number of amides is 1. The SMILES string of the molecule is CC1Sc2ccc(S(=O)(=O)CCC(=O)O)cc2NC1=O. The first-order chi connectivity index (χ1) is 9.29. The topological polar surface area (TPSA) is 101 Å². The molecule has 0 fully saturated rings. The highest BCUT2D eigenvalue weighted by Gasteiger charge is 2.25. The van der Waals surface area contributed by atoms with E-state index in [9.17, 15) is 18.0 Å². The number of sulfone groups is 1. The van der Waals surface area contributed by atoms with Gasteiger partial charge in [-0.15, -0.1) is 11.8 Å². The fraction of sp³-hybridized carbons (Fsp3) is 0.333. The van der Waals surface area contributed by atoms with Crippen LogP contribution in [0.4, 0.5) is 5.69 Å². The molecule has 108 valence electrons. The first-order valence-electron chi connectivity index (χ1n) is 5.86. The van der Waals surface area contributed by atoms with E-state index in [4.69, 9.17) is 5.11 Å². The van der Waals surface area contributed by atoms with Gasteiger partial charge in [-0.2, -0.15) is 0 Å². The van der Waals surface area contributed by atoms with Crippen LogP contribution in [0.5, 0.6) is 0 Å². The minimum absolute atomic E-state index is 0.0213. The second-order valence-electron chi connectivity index (χ2n) is 4.37. The van der Waals surface area contributed by atoms with Gasteiger partial charge >= 0.3 is 5.97 Å². The van der Waals surface area contributed by atoms with Crippen molar-refractivity contribution in [3.05, 3.63) is 18.2 Å². The zero-order valence-corrected chi connectivity index (χ0v) is 12.3. The van der Waals surface area contributed by atoms with E-state index in [0.717, 1.165) is 4.90 Å². The van der Waals surface area contributed by atoms with Crippen LogP contribution in [0.15, 0.2) is 28.0 Å². The number of carbonyl (C=O) groups is 2. The summed E-state index contributed by atoms with van der Waals surface area (Å²) in [5.74, 6) is -1.80. The maximum absolute atomic E-state index is 12.0. The van der Waals surface area contributed by atoms with Crippen molar-refractivity contribution >= 4 is 39.2 Å². The lowest BCUT2D eigenvalue weighted by atomic mass is 10.3. The summed E-state index contributed by atoms with van der Waals surface area (Å²) in [5, 5.41) is 11.0. The molecule has 1 heterocycles. The van der Waals surface area contributed by atoms with Gasteiger partial charge in [-0.1, -0.05) is 0 Å². The van der Waals surface area contributed by atoms with E-state index in [1.807, 2.05) is 0 Å². The van der Waals surface area contributed by atoms with Crippen molar-refractivity contribution in [3.8, 4) is 0 Å². The zero-order valence-electron chi connectivity index (χ0n) is 10.6. The van der Waals surface area contributed by atoms with Crippen LogP contribution in [0.25, 0.3) is 0 Å². The third-order valence-electron chi connectivity index (χ3n) is 2.83. The Hall–Kier alpha value is -1.54. The number of carbonyl (C=O) groups excluding carboxylic acids is 1. The Kier molecular flexibility index (Phi) is 4.05. The molecule has 2 N–H and O–H groups in total. The van der Waals surface area contributed by atoms with Crippen LogP contribution in [0.3, 0.4) is 0 Å². The maximum Gasteiger partial charge on any atom is 0.304 e. The summed E-state index contributed by atoms with van der Waals surface area (Å²) in [4.78, 5) is 22.9. The Labute approximate surface area is 120 Å². The molecule has 0 radical (unpaired) electrons. The number of fused-ring (bicyclic) bond motifs is 1. The number of anilines is 1. The molecule has 0 bridgehead atoms. The van der Waals surface area contributed by atoms with Crippen molar-refractivity contribution in [1.29, 1.82) is 0 Å². The number of carboxylic acid groups (broad SMARTS) is 1. The summed E-state index contributed by atoms with van der Waals surface area (Å²) in [6, 6.07) is 4.44. The molecule has 8 heteroatoms. The first kappa shape index (κ1) is 14.9. The summed E-state index contributed by atoms with van der Waals surface area (Å²) in [5.41, 5.74) is 0.453. The highest BCUT2D eigenvalue weighted by molar-refractivity contribution is 8.01. The predicted molar refractivity (Wildman–Crippen MR) is 74.7 cm³/mol. The Balaban J connectivity index is 2.29. The second-order valence-corrected chi connectivity index (χ2v) is 7.86. The predicted octanol–water partition coefficient (Wildman–Crippen LogP) is 1.37. The molecule has 0 saturated heterocycles. The van der Waals surface area contributed by atoms with E-state index in [0.29, 0.717) is 5.69 Å². The van der Waals surface area contributed by atoms with Gasteiger partial charge in [0.25, 0.3) is 0 Å². The van der Waals surface area contributed by atoms with E-state index in [1.54, 1.807) is 13.0 Å². The van der Waals surface area contributed by atoms with Crippen LogP contribution in [-0.4, -0.2) is 36.4 Å². The molecule has 0 aromatic heterocycles. The van der Waals surface area contributed by atoms with E-state index in [1.165, 1.54) is 23.9 Å². The second kappa shape index (κ2) is 5.45. The summed E-state index contributed by atoms with van der Waals surface area (Å²) in [6.45, 7) is 1.76. The van der Waals surface area contributed by atoms with Crippen LogP contribution in [0.2, 0.25) is 0 Å². The Morgan fingerprint density at radius 2 is 2.15 bits per heavy atom. The molecule has 1 aliphatic heterocycles. The van der Waals surface area contributed by atoms with Crippen LogP contribution < -0.4 is 5.32 Å². The molecule has 0 aliphatic carbocycles. The van der Waals surface area contributed by atoms with Crippen molar-refractivity contribution in [3.63, 3.8) is 0 Å². The van der Waals surface area contributed by atoms with E-state index >= 15 is 0 Å². The molecule has 1 amide bonds.